The van der Waals surface area contributed by atoms with Gasteiger partial charge in [0.1, 0.15) is 5.82 Å². The average Bonchev–Trinajstić information content (AvgIpc) is 3.19. The monoisotopic (exact) mass is 319 g/mol. The van der Waals surface area contributed by atoms with Crippen molar-refractivity contribution in [3.05, 3.63) is 48.4 Å². The van der Waals surface area contributed by atoms with Crippen LogP contribution in [0.25, 0.3) is 0 Å². The predicted molar refractivity (Wildman–Crippen MR) is 89.4 cm³/mol. The Kier molecular flexibility index (Phi) is 3.42. The molecule has 6 nitrogen and oxygen atoms in total. The van der Waals surface area contributed by atoms with Crippen molar-refractivity contribution in [2.24, 2.45) is 5.41 Å². The summed E-state index contributed by atoms with van der Waals surface area (Å²) in [5, 5.41) is 8.90. The fraction of sp³-hybridized carbons (Fsp3) is 0.333. The molecule has 1 spiro atoms. The molecule has 2 aromatic rings. The fourth-order valence-electron chi connectivity index (χ4n) is 3.71. The van der Waals surface area contributed by atoms with E-state index in [0.29, 0.717) is 18.5 Å². The van der Waals surface area contributed by atoms with E-state index < -0.39 is 0 Å². The molecular formula is C18H17N5O. The summed E-state index contributed by atoms with van der Waals surface area (Å²) in [6.45, 7) is 2.44. The predicted octanol–water partition coefficient (Wildman–Crippen LogP) is 1.98. The molecule has 6 heteroatoms. The van der Waals surface area contributed by atoms with Crippen LogP contribution < -0.4 is 9.80 Å². The van der Waals surface area contributed by atoms with E-state index >= 15 is 0 Å². The Balaban J connectivity index is 1.52. The van der Waals surface area contributed by atoms with Gasteiger partial charge in [0, 0.05) is 49.6 Å². The minimum Gasteiger partial charge on any atom is -0.355 e. The minimum atomic E-state index is -0.0253. The van der Waals surface area contributed by atoms with Gasteiger partial charge in [-0.1, -0.05) is 0 Å². The van der Waals surface area contributed by atoms with E-state index in [4.69, 9.17) is 5.26 Å². The summed E-state index contributed by atoms with van der Waals surface area (Å²) in [4.78, 5) is 25.1. The zero-order valence-electron chi connectivity index (χ0n) is 13.2. The Morgan fingerprint density at radius 3 is 2.71 bits per heavy atom. The van der Waals surface area contributed by atoms with Gasteiger partial charge in [-0.25, -0.2) is 4.98 Å². The smallest absolute Gasteiger partial charge is 0.227 e. The Hall–Kier alpha value is -2.94. The quantitative estimate of drug-likeness (QED) is 0.846. The summed E-state index contributed by atoms with van der Waals surface area (Å²) < 4.78 is 0. The summed E-state index contributed by atoms with van der Waals surface area (Å²) in [6.07, 6.45) is 6.67. The maximum Gasteiger partial charge on any atom is 0.227 e. The average molecular weight is 319 g/mol. The van der Waals surface area contributed by atoms with E-state index in [1.54, 1.807) is 30.7 Å². The van der Waals surface area contributed by atoms with Crippen LogP contribution in [0.4, 0.5) is 11.5 Å². The van der Waals surface area contributed by atoms with Gasteiger partial charge >= 0.3 is 0 Å². The lowest BCUT2D eigenvalue weighted by Crippen LogP contribution is -2.31. The second-order valence-electron chi connectivity index (χ2n) is 6.55. The first kappa shape index (κ1) is 14.6. The Labute approximate surface area is 140 Å². The molecule has 2 aliphatic heterocycles. The van der Waals surface area contributed by atoms with Gasteiger partial charge in [-0.15, -0.1) is 0 Å². The second-order valence-corrected chi connectivity index (χ2v) is 6.55. The molecule has 1 amide bonds. The van der Waals surface area contributed by atoms with Crippen LogP contribution in [-0.2, 0) is 4.79 Å². The number of anilines is 2. The van der Waals surface area contributed by atoms with Crippen molar-refractivity contribution in [2.75, 3.05) is 29.4 Å². The second kappa shape index (κ2) is 5.60. The lowest BCUT2D eigenvalue weighted by molar-refractivity contribution is -0.117. The van der Waals surface area contributed by atoms with E-state index in [1.165, 1.54) is 0 Å². The number of hydrogen-bond acceptors (Lipinski definition) is 5. The maximum absolute atomic E-state index is 12.5. The molecule has 0 N–H and O–H groups in total. The van der Waals surface area contributed by atoms with Crippen LogP contribution in [-0.4, -0.2) is 35.5 Å². The highest BCUT2D eigenvalue weighted by Crippen LogP contribution is 2.42. The third-order valence-corrected chi connectivity index (χ3v) is 4.94. The zero-order valence-corrected chi connectivity index (χ0v) is 13.2. The summed E-state index contributed by atoms with van der Waals surface area (Å²) >= 11 is 0. The van der Waals surface area contributed by atoms with Crippen molar-refractivity contribution in [1.82, 2.24) is 9.97 Å². The van der Waals surface area contributed by atoms with E-state index in [-0.39, 0.29) is 11.3 Å². The maximum atomic E-state index is 12.5. The highest BCUT2D eigenvalue weighted by molar-refractivity contribution is 5.96. The largest absolute Gasteiger partial charge is 0.355 e. The third kappa shape index (κ3) is 2.48. The van der Waals surface area contributed by atoms with Crippen LogP contribution in [0.3, 0.4) is 0 Å². The van der Waals surface area contributed by atoms with Crippen molar-refractivity contribution in [3.63, 3.8) is 0 Å². The normalized spacial score (nSPS) is 23.0. The number of carbonyl (C=O) groups excluding carboxylic acids is 1. The lowest BCUT2D eigenvalue weighted by atomic mass is 9.86. The molecule has 24 heavy (non-hydrogen) atoms. The SMILES string of the molecule is N#Cc1ccc(N2C[C@]3(CCN(c4cnccn4)C3)CC2=O)cc1. The summed E-state index contributed by atoms with van der Waals surface area (Å²) in [6, 6.07) is 9.33. The number of nitrogens with zero attached hydrogens (tertiary/aromatic N) is 5. The highest BCUT2D eigenvalue weighted by atomic mass is 16.2. The minimum absolute atomic E-state index is 0.0253. The first-order valence-electron chi connectivity index (χ1n) is 8.01. The van der Waals surface area contributed by atoms with Crippen molar-refractivity contribution >= 4 is 17.4 Å². The van der Waals surface area contributed by atoms with Gasteiger partial charge in [0.15, 0.2) is 0 Å². The van der Waals surface area contributed by atoms with E-state index in [2.05, 4.69) is 20.9 Å². The molecule has 0 bridgehead atoms. The number of amides is 1. The van der Waals surface area contributed by atoms with Gasteiger partial charge in [0.2, 0.25) is 5.91 Å². The molecule has 0 radical (unpaired) electrons. The Morgan fingerprint density at radius 1 is 1.17 bits per heavy atom. The van der Waals surface area contributed by atoms with Crippen LogP contribution in [0.15, 0.2) is 42.9 Å². The lowest BCUT2D eigenvalue weighted by Gasteiger charge is -2.24. The molecule has 0 aliphatic carbocycles. The van der Waals surface area contributed by atoms with Crippen molar-refractivity contribution in [1.29, 1.82) is 5.26 Å². The van der Waals surface area contributed by atoms with E-state index in [1.807, 2.05) is 17.0 Å². The molecule has 1 aromatic carbocycles. The first-order chi connectivity index (χ1) is 11.7. The van der Waals surface area contributed by atoms with Crippen molar-refractivity contribution in [3.8, 4) is 6.07 Å². The summed E-state index contributed by atoms with van der Waals surface area (Å²) in [7, 11) is 0. The molecule has 120 valence electrons. The van der Waals surface area contributed by atoms with Crippen LogP contribution in [0.2, 0.25) is 0 Å². The van der Waals surface area contributed by atoms with Gasteiger partial charge in [0.05, 0.1) is 17.8 Å². The number of benzene rings is 1. The molecule has 2 fully saturated rings. The number of carbonyl (C=O) groups is 1. The first-order valence-corrected chi connectivity index (χ1v) is 8.01. The molecule has 3 heterocycles. The van der Waals surface area contributed by atoms with Gasteiger partial charge in [-0.3, -0.25) is 9.78 Å². The molecule has 0 saturated carbocycles. The number of hydrogen-bond donors (Lipinski definition) is 0. The van der Waals surface area contributed by atoms with Crippen molar-refractivity contribution < 1.29 is 4.79 Å². The number of aromatic nitrogens is 2. The Bertz CT molecular complexity index is 798. The molecule has 2 aliphatic rings. The van der Waals surface area contributed by atoms with E-state index in [9.17, 15) is 4.79 Å². The summed E-state index contributed by atoms with van der Waals surface area (Å²) in [5.41, 5.74) is 1.45. The Morgan fingerprint density at radius 2 is 2.00 bits per heavy atom. The van der Waals surface area contributed by atoms with Crippen LogP contribution in [0.1, 0.15) is 18.4 Å². The van der Waals surface area contributed by atoms with Gasteiger partial charge in [-0.2, -0.15) is 5.26 Å². The van der Waals surface area contributed by atoms with Crippen molar-refractivity contribution in [2.45, 2.75) is 12.8 Å². The molecule has 4 rings (SSSR count). The van der Waals surface area contributed by atoms with Gasteiger partial charge < -0.3 is 9.80 Å². The fourth-order valence-corrected chi connectivity index (χ4v) is 3.71. The van der Waals surface area contributed by atoms with Gasteiger partial charge in [-0.05, 0) is 30.7 Å². The highest BCUT2D eigenvalue weighted by Gasteiger charge is 2.48. The molecular weight excluding hydrogens is 302 g/mol. The van der Waals surface area contributed by atoms with Gasteiger partial charge in [0.25, 0.3) is 0 Å². The number of rotatable bonds is 2. The molecule has 1 aromatic heterocycles. The van der Waals surface area contributed by atoms with Crippen LogP contribution >= 0.6 is 0 Å². The standard InChI is InChI=1S/C18H17N5O/c19-10-14-1-3-15(4-2-14)23-13-18(9-17(23)24)5-8-22(12-18)16-11-20-6-7-21-16/h1-4,6-7,11H,5,8-9,12-13H2/t18-/m1/s1. The van der Waals surface area contributed by atoms with Crippen LogP contribution in [0, 0.1) is 16.7 Å². The summed E-state index contributed by atoms with van der Waals surface area (Å²) in [5.74, 6) is 1.03. The number of nitriles is 1. The third-order valence-electron chi connectivity index (χ3n) is 4.94. The van der Waals surface area contributed by atoms with E-state index in [0.717, 1.165) is 31.0 Å². The zero-order chi connectivity index (χ0) is 16.6. The molecule has 0 unspecified atom stereocenters. The van der Waals surface area contributed by atoms with Crippen LogP contribution in [0.5, 0.6) is 0 Å². The topological polar surface area (TPSA) is 73.1 Å². The molecule has 2 saturated heterocycles. The molecule has 1 atom stereocenters.